The molecule has 24 heavy (non-hydrogen) atoms. The number of aryl methyl sites for hydroxylation is 1. The van der Waals surface area contributed by atoms with E-state index >= 15 is 0 Å². The second-order valence-electron chi connectivity index (χ2n) is 6.07. The average molecular weight is 328 g/mol. The van der Waals surface area contributed by atoms with E-state index in [0.29, 0.717) is 19.4 Å². The van der Waals surface area contributed by atoms with E-state index in [1.54, 1.807) is 41.4 Å². The number of aliphatic carboxylic acids is 1. The molecule has 0 unspecified atom stereocenters. The predicted molar refractivity (Wildman–Crippen MR) is 86.0 cm³/mol. The van der Waals surface area contributed by atoms with Gasteiger partial charge in [0.25, 0.3) is 0 Å². The summed E-state index contributed by atoms with van der Waals surface area (Å²) in [6.45, 7) is 0.466. The molecule has 1 saturated heterocycles. The number of hydrogen-bond donors (Lipinski definition) is 1. The molecule has 7 nitrogen and oxygen atoms in total. The van der Waals surface area contributed by atoms with Gasteiger partial charge >= 0.3 is 5.97 Å². The highest BCUT2D eigenvalue weighted by molar-refractivity contribution is 5.81. The first-order chi connectivity index (χ1) is 11.6. The Morgan fingerprint density at radius 3 is 2.88 bits per heavy atom. The van der Waals surface area contributed by atoms with Crippen LogP contribution in [0.1, 0.15) is 30.0 Å². The van der Waals surface area contributed by atoms with Crippen LogP contribution in [0.3, 0.4) is 0 Å². The number of amides is 1. The number of carbonyl (C=O) groups excluding carboxylic acids is 1. The first kappa shape index (κ1) is 16.2. The number of carboxylic acid groups (broad SMARTS) is 1. The average Bonchev–Trinajstić information content (AvgIpc) is 3.00. The monoisotopic (exact) mass is 328 g/mol. The summed E-state index contributed by atoms with van der Waals surface area (Å²) in [6, 6.07) is 3.33. The second kappa shape index (κ2) is 6.82. The summed E-state index contributed by atoms with van der Waals surface area (Å²) in [6.07, 6.45) is 8.17. The molecule has 1 aliphatic heterocycles. The number of pyridine rings is 1. The van der Waals surface area contributed by atoms with Crippen molar-refractivity contribution in [2.24, 2.45) is 13.0 Å². The molecule has 0 aliphatic carbocycles. The molecule has 126 valence electrons. The summed E-state index contributed by atoms with van der Waals surface area (Å²) in [5.74, 6) is -1.49. The van der Waals surface area contributed by atoms with Crippen molar-refractivity contribution in [3.8, 4) is 0 Å². The topological polar surface area (TPSA) is 88.3 Å². The Morgan fingerprint density at radius 1 is 1.42 bits per heavy atom. The number of nitrogens with zero attached hydrogens (tertiary/aromatic N) is 4. The van der Waals surface area contributed by atoms with Crippen molar-refractivity contribution < 1.29 is 14.7 Å². The van der Waals surface area contributed by atoms with Crippen LogP contribution < -0.4 is 0 Å². The maximum absolute atomic E-state index is 12.5. The van der Waals surface area contributed by atoms with Gasteiger partial charge in [0.15, 0.2) is 0 Å². The molecule has 0 aromatic carbocycles. The SMILES string of the molecule is Cn1cc([C@H]2[C@H](C(=O)O)CCC(=O)N2CCc2cccnc2)cn1. The van der Waals surface area contributed by atoms with Gasteiger partial charge in [-0.15, -0.1) is 0 Å². The lowest BCUT2D eigenvalue weighted by molar-refractivity contribution is -0.152. The fourth-order valence-corrected chi connectivity index (χ4v) is 3.28. The van der Waals surface area contributed by atoms with Crippen molar-refractivity contribution in [2.75, 3.05) is 6.54 Å². The van der Waals surface area contributed by atoms with Gasteiger partial charge in [-0.3, -0.25) is 19.3 Å². The van der Waals surface area contributed by atoms with Crippen LogP contribution >= 0.6 is 0 Å². The van der Waals surface area contributed by atoms with Crippen molar-refractivity contribution in [3.05, 3.63) is 48.0 Å². The summed E-state index contributed by atoms with van der Waals surface area (Å²) < 4.78 is 1.63. The van der Waals surface area contributed by atoms with Crippen LogP contribution in [0.25, 0.3) is 0 Å². The van der Waals surface area contributed by atoms with Crippen molar-refractivity contribution in [1.29, 1.82) is 0 Å². The largest absolute Gasteiger partial charge is 0.481 e. The molecule has 1 fully saturated rings. The highest BCUT2D eigenvalue weighted by Gasteiger charge is 2.41. The van der Waals surface area contributed by atoms with Crippen LogP contribution in [-0.4, -0.2) is 43.2 Å². The molecule has 7 heteroatoms. The maximum atomic E-state index is 12.5. The molecule has 1 amide bonds. The van der Waals surface area contributed by atoms with Crippen LogP contribution in [0, 0.1) is 5.92 Å². The Morgan fingerprint density at radius 2 is 2.25 bits per heavy atom. The molecule has 0 radical (unpaired) electrons. The zero-order valence-corrected chi connectivity index (χ0v) is 13.5. The molecule has 0 spiro atoms. The molecular formula is C17H20N4O3. The van der Waals surface area contributed by atoms with E-state index in [4.69, 9.17) is 0 Å². The summed E-state index contributed by atoms with van der Waals surface area (Å²) in [5, 5.41) is 13.7. The zero-order valence-electron chi connectivity index (χ0n) is 13.5. The Kier molecular flexibility index (Phi) is 4.59. The first-order valence-electron chi connectivity index (χ1n) is 7.96. The minimum absolute atomic E-state index is 0.00903. The molecule has 3 heterocycles. The van der Waals surface area contributed by atoms with E-state index in [2.05, 4.69) is 10.1 Å². The van der Waals surface area contributed by atoms with Crippen molar-refractivity contribution in [2.45, 2.75) is 25.3 Å². The van der Waals surface area contributed by atoms with Gasteiger partial charge in [0, 0.05) is 44.2 Å². The predicted octanol–water partition coefficient (Wildman–Crippen LogP) is 1.42. The second-order valence-corrected chi connectivity index (χ2v) is 6.07. The van der Waals surface area contributed by atoms with Crippen LogP contribution in [0.2, 0.25) is 0 Å². The highest BCUT2D eigenvalue weighted by atomic mass is 16.4. The summed E-state index contributed by atoms with van der Waals surface area (Å²) in [4.78, 5) is 29.9. The fraction of sp³-hybridized carbons (Fsp3) is 0.412. The number of carboxylic acids is 1. The number of likely N-dealkylation sites (tertiary alicyclic amines) is 1. The van der Waals surface area contributed by atoms with Gasteiger partial charge < -0.3 is 10.0 Å². The van der Waals surface area contributed by atoms with Crippen molar-refractivity contribution >= 4 is 11.9 Å². The quantitative estimate of drug-likeness (QED) is 0.897. The van der Waals surface area contributed by atoms with Gasteiger partial charge in [-0.2, -0.15) is 5.10 Å². The van der Waals surface area contributed by atoms with Gasteiger partial charge in [0.1, 0.15) is 0 Å². The number of aromatic nitrogens is 3. The van der Waals surface area contributed by atoms with E-state index in [-0.39, 0.29) is 12.3 Å². The van der Waals surface area contributed by atoms with Gasteiger partial charge in [0.05, 0.1) is 18.2 Å². The van der Waals surface area contributed by atoms with E-state index in [0.717, 1.165) is 11.1 Å². The maximum Gasteiger partial charge on any atom is 0.308 e. The summed E-state index contributed by atoms with van der Waals surface area (Å²) in [7, 11) is 1.78. The normalized spacial score (nSPS) is 21.0. The third-order valence-electron chi connectivity index (χ3n) is 4.45. The Balaban J connectivity index is 1.86. The third-order valence-corrected chi connectivity index (χ3v) is 4.45. The smallest absolute Gasteiger partial charge is 0.308 e. The number of piperidine rings is 1. The lowest BCUT2D eigenvalue weighted by Gasteiger charge is -2.39. The molecule has 1 aliphatic rings. The molecule has 2 atom stereocenters. The van der Waals surface area contributed by atoms with Gasteiger partial charge in [-0.1, -0.05) is 6.07 Å². The van der Waals surface area contributed by atoms with E-state index < -0.39 is 17.9 Å². The zero-order chi connectivity index (χ0) is 17.1. The van der Waals surface area contributed by atoms with Crippen LogP contribution in [-0.2, 0) is 23.1 Å². The molecule has 3 rings (SSSR count). The summed E-state index contributed by atoms with van der Waals surface area (Å²) in [5.41, 5.74) is 1.79. The Labute approximate surface area is 139 Å². The summed E-state index contributed by atoms with van der Waals surface area (Å²) >= 11 is 0. The Bertz CT molecular complexity index is 728. The van der Waals surface area contributed by atoms with Crippen molar-refractivity contribution in [1.82, 2.24) is 19.7 Å². The fourth-order valence-electron chi connectivity index (χ4n) is 3.28. The molecular weight excluding hydrogens is 308 g/mol. The molecule has 2 aromatic rings. The highest BCUT2D eigenvalue weighted by Crippen LogP contribution is 2.36. The molecule has 1 N–H and O–H groups in total. The van der Waals surface area contributed by atoms with Gasteiger partial charge in [-0.25, -0.2) is 0 Å². The van der Waals surface area contributed by atoms with Crippen LogP contribution in [0.5, 0.6) is 0 Å². The molecule has 2 aromatic heterocycles. The Hall–Kier alpha value is -2.70. The lowest BCUT2D eigenvalue weighted by Crippen LogP contribution is -2.46. The molecule has 0 bridgehead atoms. The van der Waals surface area contributed by atoms with Crippen LogP contribution in [0.4, 0.5) is 0 Å². The lowest BCUT2D eigenvalue weighted by atomic mass is 9.85. The van der Waals surface area contributed by atoms with Gasteiger partial charge in [0.2, 0.25) is 5.91 Å². The number of carbonyl (C=O) groups is 2. The van der Waals surface area contributed by atoms with E-state index in [1.807, 2.05) is 12.1 Å². The first-order valence-corrected chi connectivity index (χ1v) is 7.96. The standard InChI is InChI=1S/C17H20N4O3/c1-20-11-13(10-19-20)16-14(17(23)24)4-5-15(22)21(16)8-6-12-3-2-7-18-9-12/h2-3,7,9-11,14,16H,4-6,8H2,1H3,(H,23,24)/t14-,16+/m1/s1. The van der Waals surface area contributed by atoms with Gasteiger partial charge in [-0.05, 0) is 24.5 Å². The van der Waals surface area contributed by atoms with E-state index in [1.165, 1.54) is 0 Å². The number of rotatable bonds is 5. The van der Waals surface area contributed by atoms with E-state index in [9.17, 15) is 14.7 Å². The number of hydrogen-bond acceptors (Lipinski definition) is 4. The minimum Gasteiger partial charge on any atom is -0.481 e. The third kappa shape index (κ3) is 3.29. The van der Waals surface area contributed by atoms with Crippen LogP contribution in [0.15, 0.2) is 36.9 Å². The molecule has 0 saturated carbocycles. The minimum atomic E-state index is -0.872. The van der Waals surface area contributed by atoms with Crippen molar-refractivity contribution in [3.63, 3.8) is 0 Å².